The number of amides is 1. The number of carbonyl (C=O) groups excluding carboxylic acids is 1. The summed E-state index contributed by atoms with van der Waals surface area (Å²) in [5, 5.41) is 0.746. The topological polar surface area (TPSA) is 25.2 Å². The molecule has 0 unspecified atom stereocenters. The SMILES string of the molecule is CCN1C(=O)C(=Cc2cc(C)n(-c3cccc(Cl)c3C)c2C)SC1=S. The van der Waals surface area contributed by atoms with Crippen LogP contribution in [0.2, 0.25) is 5.02 Å². The molecule has 2 heterocycles. The Kier molecular flexibility index (Phi) is 5.09. The van der Waals surface area contributed by atoms with Crippen LogP contribution in [0, 0.1) is 20.8 Å². The van der Waals surface area contributed by atoms with Gasteiger partial charge in [0.1, 0.15) is 4.32 Å². The summed E-state index contributed by atoms with van der Waals surface area (Å²) in [5.41, 5.74) is 5.29. The molecule has 0 atom stereocenters. The second kappa shape index (κ2) is 6.98. The van der Waals surface area contributed by atoms with E-state index in [1.807, 2.05) is 32.1 Å². The first-order chi connectivity index (χ1) is 11.8. The maximum absolute atomic E-state index is 12.4. The molecule has 1 aliphatic rings. The van der Waals surface area contributed by atoms with E-state index in [1.165, 1.54) is 11.8 Å². The highest BCUT2D eigenvalue weighted by atomic mass is 35.5. The number of thioether (sulfide) groups is 1. The van der Waals surface area contributed by atoms with Crippen LogP contribution in [-0.2, 0) is 4.79 Å². The van der Waals surface area contributed by atoms with Crippen molar-refractivity contribution in [3.63, 3.8) is 0 Å². The summed E-state index contributed by atoms with van der Waals surface area (Å²) < 4.78 is 2.80. The largest absolute Gasteiger partial charge is 0.318 e. The van der Waals surface area contributed by atoms with Crippen LogP contribution in [-0.4, -0.2) is 26.2 Å². The Bertz CT molecular complexity index is 914. The minimum Gasteiger partial charge on any atom is -0.318 e. The number of rotatable bonds is 3. The van der Waals surface area contributed by atoms with Crippen LogP contribution in [0.25, 0.3) is 11.8 Å². The third kappa shape index (κ3) is 3.16. The third-order valence-corrected chi connectivity index (χ3v) is 6.21. The van der Waals surface area contributed by atoms with Crippen LogP contribution in [0.3, 0.4) is 0 Å². The summed E-state index contributed by atoms with van der Waals surface area (Å²) in [6, 6.07) is 8.00. The van der Waals surface area contributed by atoms with E-state index in [-0.39, 0.29) is 5.91 Å². The smallest absolute Gasteiger partial charge is 0.266 e. The number of aromatic nitrogens is 1. The van der Waals surface area contributed by atoms with Crippen molar-refractivity contribution in [3.8, 4) is 5.69 Å². The Hall–Kier alpha value is -1.56. The minimum atomic E-state index is -0.0127. The lowest BCUT2D eigenvalue weighted by atomic mass is 10.2. The molecule has 0 N–H and O–H groups in total. The molecule has 3 nitrogen and oxygen atoms in total. The first-order valence-electron chi connectivity index (χ1n) is 8.05. The summed E-state index contributed by atoms with van der Waals surface area (Å²) in [5.74, 6) is -0.0127. The average Bonchev–Trinajstić information content (AvgIpc) is 2.99. The van der Waals surface area contributed by atoms with Gasteiger partial charge in [0.15, 0.2) is 0 Å². The molecule has 1 aromatic heterocycles. The number of benzene rings is 1. The molecular weight excluding hydrogens is 372 g/mol. The van der Waals surface area contributed by atoms with E-state index in [9.17, 15) is 4.79 Å². The summed E-state index contributed by atoms with van der Waals surface area (Å²) in [6.45, 7) is 8.66. The Morgan fingerprint density at radius 2 is 2.00 bits per heavy atom. The molecule has 1 fully saturated rings. The van der Waals surface area contributed by atoms with Crippen molar-refractivity contribution < 1.29 is 4.79 Å². The minimum absolute atomic E-state index is 0.0127. The van der Waals surface area contributed by atoms with Gasteiger partial charge in [-0.2, -0.15) is 0 Å². The molecule has 1 amide bonds. The molecular formula is C19H19ClN2OS2. The maximum Gasteiger partial charge on any atom is 0.266 e. The van der Waals surface area contributed by atoms with Gasteiger partial charge in [-0.05, 0) is 63.1 Å². The number of halogens is 1. The second-order valence-electron chi connectivity index (χ2n) is 5.97. The third-order valence-electron chi connectivity index (χ3n) is 4.43. The fourth-order valence-electron chi connectivity index (χ4n) is 3.06. The van der Waals surface area contributed by atoms with Gasteiger partial charge in [0.25, 0.3) is 5.91 Å². The van der Waals surface area contributed by atoms with Gasteiger partial charge in [0, 0.05) is 28.6 Å². The lowest BCUT2D eigenvalue weighted by molar-refractivity contribution is -0.121. The van der Waals surface area contributed by atoms with E-state index in [4.69, 9.17) is 23.8 Å². The molecule has 0 saturated carbocycles. The summed E-state index contributed by atoms with van der Waals surface area (Å²) in [7, 11) is 0. The first-order valence-corrected chi connectivity index (χ1v) is 9.65. The molecule has 1 aliphatic heterocycles. The number of aryl methyl sites for hydroxylation is 1. The zero-order valence-electron chi connectivity index (χ0n) is 14.6. The van der Waals surface area contributed by atoms with E-state index in [0.717, 1.165) is 33.2 Å². The normalized spacial score (nSPS) is 16.4. The molecule has 0 radical (unpaired) electrons. The quantitative estimate of drug-likeness (QED) is 0.526. The summed E-state index contributed by atoms with van der Waals surface area (Å²) >= 11 is 12.9. The van der Waals surface area contributed by atoms with Gasteiger partial charge in [-0.15, -0.1) is 0 Å². The van der Waals surface area contributed by atoms with Crippen LogP contribution in [0.5, 0.6) is 0 Å². The molecule has 0 bridgehead atoms. The van der Waals surface area contributed by atoms with Crippen molar-refractivity contribution in [1.82, 2.24) is 9.47 Å². The Labute approximate surface area is 162 Å². The van der Waals surface area contributed by atoms with Crippen molar-refractivity contribution in [2.75, 3.05) is 6.54 Å². The van der Waals surface area contributed by atoms with Crippen LogP contribution in [0.15, 0.2) is 29.2 Å². The zero-order valence-corrected chi connectivity index (χ0v) is 17.0. The highest BCUT2D eigenvalue weighted by Crippen LogP contribution is 2.34. The van der Waals surface area contributed by atoms with Gasteiger partial charge >= 0.3 is 0 Å². The van der Waals surface area contributed by atoms with Crippen molar-refractivity contribution in [2.45, 2.75) is 27.7 Å². The summed E-state index contributed by atoms with van der Waals surface area (Å²) in [6.07, 6.45) is 1.94. The lowest BCUT2D eigenvalue weighted by Crippen LogP contribution is -2.27. The van der Waals surface area contributed by atoms with Crippen LogP contribution < -0.4 is 0 Å². The predicted octanol–water partition coefficient (Wildman–Crippen LogP) is 5.28. The molecule has 0 spiro atoms. The van der Waals surface area contributed by atoms with Crippen LogP contribution in [0.4, 0.5) is 0 Å². The predicted molar refractivity (Wildman–Crippen MR) is 111 cm³/mol. The Morgan fingerprint density at radius 1 is 1.28 bits per heavy atom. The number of hydrogen-bond donors (Lipinski definition) is 0. The Morgan fingerprint density at radius 3 is 2.64 bits per heavy atom. The molecule has 130 valence electrons. The molecule has 3 rings (SSSR count). The standard InChI is InChI=1S/C19H19ClN2OS2/c1-5-21-18(23)17(25-19(21)24)10-14-9-11(2)22(13(14)4)16-8-6-7-15(20)12(16)3/h6-10H,5H2,1-4H3. The van der Waals surface area contributed by atoms with E-state index in [2.05, 4.69) is 30.5 Å². The highest BCUT2D eigenvalue weighted by Gasteiger charge is 2.31. The van der Waals surface area contributed by atoms with Gasteiger partial charge in [-0.25, -0.2) is 0 Å². The van der Waals surface area contributed by atoms with Gasteiger partial charge in [-0.3, -0.25) is 9.69 Å². The number of thiocarbonyl (C=S) groups is 1. The van der Waals surface area contributed by atoms with E-state index in [1.54, 1.807) is 4.90 Å². The van der Waals surface area contributed by atoms with Gasteiger partial charge in [0.05, 0.1) is 4.91 Å². The Balaban J connectivity index is 2.07. The number of hydrogen-bond acceptors (Lipinski definition) is 3. The monoisotopic (exact) mass is 390 g/mol. The van der Waals surface area contributed by atoms with E-state index >= 15 is 0 Å². The van der Waals surface area contributed by atoms with Crippen molar-refractivity contribution in [2.24, 2.45) is 0 Å². The van der Waals surface area contributed by atoms with Crippen molar-refractivity contribution >= 4 is 51.9 Å². The van der Waals surface area contributed by atoms with Gasteiger partial charge < -0.3 is 4.57 Å². The average molecular weight is 391 g/mol. The van der Waals surface area contributed by atoms with Gasteiger partial charge in [-0.1, -0.05) is 41.6 Å². The van der Waals surface area contributed by atoms with Gasteiger partial charge in [0.2, 0.25) is 0 Å². The molecule has 1 saturated heterocycles. The first kappa shape index (κ1) is 18.2. The van der Waals surface area contributed by atoms with E-state index < -0.39 is 0 Å². The number of nitrogens with zero attached hydrogens (tertiary/aromatic N) is 2. The van der Waals surface area contributed by atoms with Crippen LogP contribution in [0.1, 0.15) is 29.4 Å². The zero-order chi connectivity index (χ0) is 18.3. The van der Waals surface area contributed by atoms with Crippen molar-refractivity contribution in [3.05, 3.63) is 56.7 Å². The van der Waals surface area contributed by atoms with Crippen LogP contribution >= 0.6 is 35.6 Å². The molecule has 1 aromatic carbocycles. The summed E-state index contributed by atoms with van der Waals surface area (Å²) in [4.78, 5) is 14.8. The molecule has 25 heavy (non-hydrogen) atoms. The number of carbonyl (C=O) groups is 1. The molecule has 2 aromatic rings. The fourth-order valence-corrected chi connectivity index (χ4v) is 4.60. The maximum atomic E-state index is 12.4. The second-order valence-corrected chi connectivity index (χ2v) is 8.05. The fraction of sp³-hybridized carbons (Fsp3) is 0.263. The number of likely N-dealkylation sites (N-methyl/N-ethyl adjacent to an activating group) is 1. The lowest BCUT2D eigenvalue weighted by Gasteiger charge is -2.13. The van der Waals surface area contributed by atoms with E-state index in [0.29, 0.717) is 15.8 Å². The van der Waals surface area contributed by atoms with Crippen molar-refractivity contribution in [1.29, 1.82) is 0 Å². The molecule has 0 aliphatic carbocycles. The highest BCUT2D eigenvalue weighted by molar-refractivity contribution is 8.26. The molecule has 6 heteroatoms.